The quantitative estimate of drug-likeness (QED) is 0.617. The van der Waals surface area contributed by atoms with Gasteiger partial charge in [-0.1, -0.05) is 6.92 Å². The van der Waals surface area contributed by atoms with E-state index in [1.807, 2.05) is 0 Å². The maximum atomic E-state index is 10.7. The minimum atomic E-state index is -1.12. The van der Waals surface area contributed by atoms with Crippen molar-refractivity contribution in [2.24, 2.45) is 5.41 Å². The van der Waals surface area contributed by atoms with Crippen LogP contribution < -0.4 is 0 Å². The first kappa shape index (κ1) is 10.0. The minimum absolute atomic E-state index is 0.0764. The Balaban J connectivity index is 4.75. The van der Waals surface area contributed by atoms with Gasteiger partial charge in [-0.05, 0) is 26.3 Å². The summed E-state index contributed by atoms with van der Waals surface area (Å²) in [6.07, 6.45) is 1.80. The fourth-order valence-electron chi connectivity index (χ4n) is 0.760. The number of carboxylic acids is 1. The molecule has 0 aliphatic carbocycles. The number of allylic oxidation sites excluding steroid dienone is 1. The normalized spacial score (nSPS) is 17.5. The molecule has 0 fully saturated rings. The van der Waals surface area contributed by atoms with Crippen LogP contribution in [0.5, 0.6) is 0 Å². The number of hydrogen-bond donors (Lipinski definition) is 2. The highest BCUT2D eigenvalue weighted by atomic mass is 16.4. The number of aliphatic hydroxyl groups is 1. The molecule has 0 spiro atoms. The molecule has 0 rings (SSSR count). The second-order valence-electron chi connectivity index (χ2n) is 2.66. The summed E-state index contributed by atoms with van der Waals surface area (Å²) in [5.74, 6) is -1.07. The molecular weight excluding hydrogens is 144 g/mol. The summed E-state index contributed by atoms with van der Waals surface area (Å²) in [7, 11) is 0. The second-order valence-corrected chi connectivity index (χ2v) is 2.66. The molecule has 0 bridgehead atoms. The van der Waals surface area contributed by atoms with Crippen LogP contribution in [0.25, 0.3) is 0 Å². The molecule has 0 amide bonds. The van der Waals surface area contributed by atoms with Gasteiger partial charge in [0.1, 0.15) is 11.2 Å². The van der Waals surface area contributed by atoms with Crippen LogP contribution in [-0.2, 0) is 4.79 Å². The predicted octanol–water partition coefficient (Wildman–Crippen LogP) is 1.95. The van der Waals surface area contributed by atoms with Crippen LogP contribution in [0.3, 0.4) is 0 Å². The summed E-state index contributed by atoms with van der Waals surface area (Å²) < 4.78 is 0. The number of aliphatic hydroxyl groups excluding tert-OH is 1. The number of aliphatic carboxylic acids is 1. The van der Waals surface area contributed by atoms with Crippen molar-refractivity contribution in [2.75, 3.05) is 0 Å². The van der Waals surface area contributed by atoms with Gasteiger partial charge in [0.2, 0.25) is 0 Å². The molecule has 0 heterocycles. The lowest BCUT2D eigenvalue weighted by atomic mass is 9.85. The largest absolute Gasteiger partial charge is 0.511 e. The molecule has 0 saturated heterocycles. The Morgan fingerprint density at radius 2 is 2.00 bits per heavy atom. The molecule has 11 heavy (non-hydrogen) atoms. The monoisotopic (exact) mass is 158 g/mol. The first-order valence-corrected chi connectivity index (χ1v) is 3.58. The fourth-order valence-corrected chi connectivity index (χ4v) is 0.760. The van der Waals surface area contributed by atoms with E-state index in [2.05, 4.69) is 0 Å². The lowest BCUT2D eigenvalue weighted by molar-refractivity contribution is -0.147. The SMILES string of the molecule is CC=C(O)C(C)(CC)C(=O)O. The zero-order chi connectivity index (χ0) is 9.07. The highest BCUT2D eigenvalue weighted by Crippen LogP contribution is 2.28. The van der Waals surface area contributed by atoms with Gasteiger partial charge in [0.25, 0.3) is 0 Å². The highest BCUT2D eigenvalue weighted by molar-refractivity contribution is 5.77. The number of hydrogen-bond acceptors (Lipinski definition) is 2. The molecule has 0 aromatic heterocycles. The van der Waals surface area contributed by atoms with Crippen molar-refractivity contribution >= 4 is 5.97 Å². The molecule has 1 atom stereocenters. The third kappa shape index (κ3) is 1.73. The first-order chi connectivity index (χ1) is 4.99. The molecule has 0 aliphatic rings. The van der Waals surface area contributed by atoms with Crippen molar-refractivity contribution in [1.29, 1.82) is 0 Å². The zero-order valence-corrected chi connectivity index (χ0v) is 7.09. The number of rotatable bonds is 3. The van der Waals surface area contributed by atoms with E-state index in [0.717, 1.165) is 0 Å². The van der Waals surface area contributed by atoms with Crippen LogP contribution in [0.15, 0.2) is 11.8 Å². The molecule has 0 radical (unpaired) electrons. The van der Waals surface area contributed by atoms with Crippen LogP contribution in [0.2, 0.25) is 0 Å². The second kappa shape index (κ2) is 3.42. The Labute approximate surface area is 66.4 Å². The maximum absolute atomic E-state index is 10.7. The summed E-state index contributed by atoms with van der Waals surface area (Å²) in [5.41, 5.74) is -1.12. The van der Waals surface area contributed by atoms with Crippen LogP contribution in [0.1, 0.15) is 27.2 Å². The number of carboxylic acid groups (broad SMARTS) is 1. The summed E-state index contributed by atoms with van der Waals surface area (Å²) in [4.78, 5) is 10.7. The van der Waals surface area contributed by atoms with Gasteiger partial charge >= 0.3 is 5.97 Å². The smallest absolute Gasteiger partial charge is 0.317 e. The van der Waals surface area contributed by atoms with E-state index < -0.39 is 11.4 Å². The van der Waals surface area contributed by atoms with Crippen molar-refractivity contribution in [3.8, 4) is 0 Å². The van der Waals surface area contributed by atoms with E-state index in [1.165, 1.54) is 13.0 Å². The molecule has 3 heteroatoms. The summed E-state index contributed by atoms with van der Waals surface area (Å²) >= 11 is 0. The van der Waals surface area contributed by atoms with Gasteiger partial charge in [0.05, 0.1) is 0 Å². The van der Waals surface area contributed by atoms with E-state index in [4.69, 9.17) is 5.11 Å². The van der Waals surface area contributed by atoms with Crippen molar-refractivity contribution in [1.82, 2.24) is 0 Å². The Hall–Kier alpha value is -0.990. The van der Waals surface area contributed by atoms with Gasteiger partial charge in [0, 0.05) is 0 Å². The standard InChI is InChI=1S/C8H14O3/c1-4-6(9)8(3,5-2)7(10)11/h4,9H,5H2,1-3H3,(H,10,11). The van der Waals surface area contributed by atoms with Gasteiger partial charge in [-0.3, -0.25) is 4.79 Å². The molecule has 0 aromatic rings. The van der Waals surface area contributed by atoms with Crippen molar-refractivity contribution in [3.05, 3.63) is 11.8 Å². The Kier molecular flexibility index (Phi) is 3.11. The molecule has 2 N–H and O–H groups in total. The van der Waals surface area contributed by atoms with Gasteiger partial charge in [-0.2, -0.15) is 0 Å². The van der Waals surface area contributed by atoms with Gasteiger partial charge in [-0.25, -0.2) is 0 Å². The average Bonchev–Trinajstić information content (AvgIpc) is 2.01. The zero-order valence-electron chi connectivity index (χ0n) is 7.09. The van der Waals surface area contributed by atoms with Crippen LogP contribution in [0.4, 0.5) is 0 Å². The van der Waals surface area contributed by atoms with Crippen LogP contribution in [-0.4, -0.2) is 16.2 Å². The minimum Gasteiger partial charge on any atom is -0.511 e. The predicted molar refractivity (Wildman–Crippen MR) is 42.4 cm³/mol. The molecular formula is C8H14O3. The first-order valence-electron chi connectivity index (χ1n) is 3.58. The molecule has 3 nitrogen and oxygen atoms in total. The van der Waals surface area contributed by atoms with Gasteiger partial charge < -0.3 is 10.2 Å². The Morgan fingerprint density at radius 1 is 1.55 bits per heavy atom. The van der Waals surface area contributed by atoms with Gasteiger partial charge in [0.15, 0.2) is 0 Å². The van der Waals surface area contributed by atoms with E-state index in [-0.39, 0.29) is 5.76 Å². The summed E-state index contributed by atoms with van der Waals surface area (Å²) in [6, 6.07) is 0. The van der Waals surface area contributed by atoms with Crippen molar-refractivity contribution in [3.63, 3.8) is 0 Å². The number of carbonyl (C=O) groups is 1. The summed E-state index contributed by atoms with van der Waals surface area (Å²) in [5, 5.41) is 18.0. The third-order valence-corrected chi connectivity index (χ3v) is 2.02. The van der Waals surface area contributed by atoms with E-state index in [1.54, 1.807) is 13.8 Å². The van der Waals surface area contributed by atoms with Crippen molar-refractivity contribution in [2.45, 2.75) is 27.2 Å². The molecule has 64 valence electrons. The van der Waals surface area contributed by atoms with E-state index in [9.17, 15) is 9.90 Å². The molecule has 0 aliphatic heterocycles. The van der Waals surface area contributed by atoms with E-state index >= 15 is 0 Å². The fraction of sp³-hybridized carbons (Fsp3) is 0.625. The van der Waals surface area contributed by atoms with Gasteiger partial charge in [-0.15, -0.1) is 0 Å². The third-order valence-electron chi connectivity index (χ3n) is 2.02. The topological polar surface area (TPSA) is 57.5 Å². The van der Waals surface area contributed by atoms with Crippen LogP contribution >= 0.6 is 0 Å². The molecule has 1 unspecified atom stereocenters. The summed E-state index contributed by atoms with van der Waals surface area (Å²) in [6.45, 7) is 4.85. The Morgan fingerprint density at radius 3 is 2.09 bits per heavy atom. The highest BCUT2D eigenvalue weighted by Gasteiger charge is 2.35. The average molecular weight is 158 g/mol. The lowest BCUT2D eigenvalue weighted by Gasteiger charge is -2.21. The van der Waals surface area contributed by atoms with Crippen molar-refractivity contribution < 1.29 is 15.0 Å². The molecule has 0 saturated carbocycles. The van der Waals surface area contributed by atoms with E-state index in [0.29, 0.717) is 6.42 Å². The molecule has 0 aromatic carbocycles. The van der Waals surface area contributed by atoms with Crippen LogP contribution in [0, 0.1) is 5.41 Å². The maximum Gasteiger partial charge on any atom is 0.317 e. The Bertz CT molecular complexity index is 184. The lowest BCUT2D eigenvalue weighted by Crippen LogP contribution is -2.28.